The summed E-state index contributed by atoms with van der Waals surface area (Å²) in [5.41, 5.74) is 1.23. The van der Waals surface area contributed by atoms with E-state index in [0.29, 0.717) is 6.61 Å². The molecular weight excluding hydrogens is 280 g/mol. The molecule has 0 spiro atoms. The highest BCUT2D eigenvalue weighted by Gasteiger charge is 2.63. The first-order chi connectivity index (χ1) is 7.98. The van der Waals surface area contributed by atoms with E-state index in [9.17, 15) is 4.79 Å². The maximum atomic E-state index is 11.8. The predicted molar refractivity (Wildman–Crippen MR) is 70.8 cm³/mol. The summed E-state index contributed by atoms with van der Waals surface area (Å²) in [4.78, 5) is 11.8. The number of benzene rings is 1. The minimum absolute atomic E-state index is 0.00336. The van der Waals surface area contributed by atoms with E-state index in [-0.39, 0.29) is 23.2 Å². The molecule has 17 heavy (non-hydrogen) atoms. The first-order valence-electron chi connectivity index (χ1n) is 5.90. The van der Waals surface area contributed by atoms with E-state index >= 15 is 0 Å². The summed E-state index contributed by atoms with van der Waals surface area (Å²) in [5, 5.41) is 0. The van der Waals surface area contributed by atoms with E-state index in [1.54, 1.807) is 0 Å². The van der Waals surface area contributed by atoms with Gasteiger partial charge in [-0.05, 0) is 30.0 Å². The van der Waals surface area contributed by atoms with Crippen LogP contribution in [0.5, 0.6) is 0 Å². The van der Waals surface area contributed by atoms with Crippen LogP contribution in [0.15, 0.2) is 28.7 Å². The van der Waals surface area contributed by atoms with Crippen molar-refractivity contribution in [3.8, 4) is 0 Å². The van der Waals surface area contributed by atoms with E-state index in [2.05, 4.69) is 41.9 Å². The number of ether oxygens (including phenoxy) is 1. The van der Waals surface area contributed by atoms with Gasteiger partial charge in [0.15, 0.2) is 0 Å². The normalized spacial score (nSPS) is 25.4. The average molecular weight is 297 g/mol. The molecule has 2 atom stereocenters. The molecule has 1 aliphatic rings. The van der Waals surface area contributed by atoms with Crippen molar-refractivity contribution in [2.75, 3.05) is 6.61 Å². The van der Waals surface area contributed by atoms with E-state index in [1.165, 1.54) is 5.56 Å². The van der Waals surface area contributed by atoms with Gasteiger partial charge < -0.3 is 4.74 Å². The van der Waals surface area contributed by atoms with Gasteiger partial charge in [0.25, 0.3) is 0 Å². The highest BCUT2D eigenvalue weighted by atomic mass is 79.9. The molecule has 1 aromatic carbocycles. The van der Waals surface area contributed by atoms with Crippen LogP contribution in [0.2, 0.25) is 0 Å². The Kier molecular flexibility index (Phi) is 3.30. The number of hydrogen-bond acceptors (Lipinski definition) is 2. The fraction of sp³-hybridized carbons (Fsp3) is 0.500. The van der Waals surface area contributed by atoms with Gasteiger partial charge in [-0.1, -0.05) is 41.9 Å². The Hall–Kier alpha value is -0.830. The predicted octanol–water partition coefficient (Wildman–Crippen LogP) is 3.75. The SMILES string of the molecule is CCOC(=O)[C@@H]1[C@@H](c2ccc(Br)cc2)C1(C)C. The Labute approximate surface area is 110 Å². The fourth-order valence-corrected chi connectivity index (χ4v) is 2.87. The fourth-order valence-electron chi connectivity index (χ4n) is 2.60. The lowest BCUT2D eigenvalue weighted by Gasteiger charge is -2.02. The molecule has 3 heteroatoms. The van der Waals surface area contributed by atoms with Crippen LogP contribution in [0.1, 0.15) is 32.3 Å². The standard InChI is InChI=1S/C14H17BrO2/c1-4-17-13(16)12-11(14(12,2)3)9-5-7-10(15)8-6-9/h5-8,11-12H,4H2,1-3H3/t11-,12+/m1/s1. The summed E-state index contributed by atoms with van der Waals surface area (Å²) in [6.45, 7) is 6.56. The smallest absolute Gasteiger partial charge is 0.310 e. The Bertz CT molecular complexity index is 422. The first-order valence-corrected chi connectivity index (χ1v) is 6.70. The number of hydrogen-bond donors (Lipinski definition) is 0. The Morgan fingerprint density at radius 1 is 1.35 bits per heavy atom. The van der Waals surface area contributed by atoms with Gasteiger partial charge in [0, 0.05) is 10.4 Å². The summed E-state index contributed by atoms with van der Waals surface area (Å²) in [6.07, 6.45) is 0. The number of carbonyl (C=O) groups excluding carboxylic acids is 1. The zero-order valence-corrected chi connectivity index (χ0v) is 12.0. The van der Waals surface area contributed by atoms with Gasteiger partial charge >= 0.3 is 5.97 Å². The minimum atomic E-state index is -0.0644. The average Bonchev–Trinajstić information content (AvgIpc) is 2.83. The molecule has 0 bridgehead atoms. The maximum absolute atomic E-state index is 11.8. The van der Waals surface area contributed by atoms with Crippen molar-refractivity contribution >= 4 is 21.9 Å². The lowest BCUT2D eigenvalue weighted by Crippen LogP contribution is -2.10. The van der Waals surface area contributed by atoms with Gasteiger partial charge in [0.2, 0.25) is 0 Å². The van der Waals surface area contributed by atoms with Crippen molar-refractivity contribution in [3.63, 3.8) is 0 Å². The molecular formula is C14H17BrO2. The van der Waals surface area contributed by atoms with Crippen LogP contribution < -0.4 is 0 Å². The van der Waals surface area contributed by atoms with Crippen LogP contribution in [0.3, 0.4) is 0 Å². The highest BCUT2D eigenvalue weighted by Crippen LogP contribution is 2.64. The highest BCUT2D eigenvalue weighted by molar-refractivity contribution is 9.10. The van der Waals surface area contributed by atoms with Gasteiger partial charge in [0.05, 0.1) is 12.5 Å². The largest absolute Gasteiger partial charge is 0.466 e. The monoisotopic (exact) mass is 296 g/mol. The molecule has 0 N–H and O–H groups in total. The Morgan fingerprint density at radius 3 is 2.47 bits per heavy atom. The van der Waals surface area contributed by atoms with Crippen molar-refractivity contribution < 1.29 is 9.53 Å². The molecule has 0 aliphatic heterocycles. The van der Waals surface area contributed by atoms with Gasteiger partial charge in [-0.25, -0.2) is 0 Å². The van der Waals surface area contributed by atoms with Crippen molar-refractivity contribution in [2.24, 2.45) is 11.3 Å². The molecule has 2 nitrogen and oxygen atoms in total. The molecule has 1 aromatic rings. The molecule has 0 unspecified atom stereocenters. The molecule has 2 rings (SSSR count). The third-order valence-electron chi connectivity index (χ3n) is 3.60. The van der Waals surface area contributed by atoms with E-state index in [1.807, 2.05) is 19.1 Å². The molecule has 1 aliphatic carbocycles. The lowest BCUT2D eigenvalue weighted by atomic mass is 10.0. The molecule has 1 fully saturated rings. The second kappa shape index (κ2) is 4.45. The summed E-state index contributed by atoms with van der Waals surface area (Å²) in [7, 11) is 0. The van der Waals surface area contributed by atoms with E-state index < -0.39 is 0 Å². The second-order valence-corrected chi connectivity index (χ2v) is 6.00. The van der Waals surface area contributed by atoms with Gasteiger partial charge in [-0.15, -0.1) is 0 Å². The van der Waals surface area contributed by atoms with E-state index in [0.717, 1.165) is 4.47 Å². The summed E-state index contributed by atoms with van der Waals surface area (Å²) in [5.74, 6) is 0.226. The zero-order valence-electron chi connectivity index (χ0n) is 10.4. The molecule has 0 aromatic heterocycles. The van der Waals surface area contributed by atoms with E-state index in [4.69, 9.17) is 4.74 Å². The number of esters is 1. The van der Waals surface area contributed by atoms with Crippen molar-refractivity contribution in [3.05, 3.63) is 34.3 Å². The Morgan fingerprint density at radius 2 is 1.94 bits per heavy atom. The van der Waals surface area contributed by atoms with Crippen LogP contribution >= 0.6 is 15.9 Å². The lowest BCUT2D eigenvalue weighted by molar-refractivity contribution is -0.145. The summed E-state index contributed by atoms with van der Waals surface area (Å²) in [6, 6.07) is 8.20. The first kappa shape index (κ1) is 12.6. The number of carbonyl (C=O) groups is 1. The van der Waals surface area contributed by atoms with Crippen LogP contribution in [0.25, 0.3) is 0 Å². The van der Waals surface area contributed by atoms with Crippen LogP contribution in [-0.4, -0.2) is 12.6 Å². The summed E-state index contributed by atoms with van der Waals surface area (Å²) >= 11 is 3.42. The molecule has 0 radical (unpaired) electrons. The Balaban J connectivity index is 2.18. The van der Waals surface area contributed by atoms with Crippen molar-refractivity contribution in [2.45, 2.75) is 26.7 Å². The van der Waals surface area contributed by atoms with Crippen molar-refractivity contribution in [1.82, 2.24) is 0 Å². The molecule has 0 amide bonds. The molecule has 0 saturated heterocycles. The summed E-state index contributed by atoms with van der Waals surface area (Å²) < 4.78 is 6.19. The second-order valence-electron chi connectivity index (χ2n) is 5.08. The topological polar surface area (TPSA) is 26.3 Å². The molecule has 92 valence electrons. The third-order valence-corrected chi connectivity index (χ3v) is 4.13. The third kappa shape index (κ3) is 2.25. The van der Waals surface area contributed by atoms with Gasteiger partial charge in [-0.2, -0.15) is 0 Å². The van der Waals surface area contributed by atoms with Crippen molar-refractivity contribution in [1.29, 1.82) is 0 Å². The quantitative estimate of drug-likeness (QED) is 0.794. The zero-order chi connectivity index (χ0) is 12.6. The van der Waals surface area contributed by atoms with Crippen LogP contribution in [0, 0.1) is 11.3 Å². The van der Waals surface area contributed by atoms with Gasteiger partial charge in [-0.3, -0.25) is 4.79 Å². The van der Waals surface area contributed by atoms with Crippen LogP contribution in [-0.2, 0) is 9.53 Å². The van der Waals surface area contributed by atoms with Gasteiger partial charge in [0.1, 0.15) is 0 Å². The maximum Gasteiger partial charge on any atom is 0.310 e. The molecule has 1 saturated carbocycles. The number of halogens is 1. The molecule has 0 heterocycles. The number of rotatable bonds is 3. The minimum Gasteiger partial charge on any atom is -0.466 e. The van der Waals surface area contributed by atoms with Crippen LogP contribution in [0.4, 0.5) is 0 Å².